The van der Waals surface area contributed by atoms with Crippen LogP contribution in [0.1, 0.15) is 25.0 Å². The van der Waals surface area contributed by atoms with E-state index in [1.807, 2.05) is 18.2 Å². The van der Waals surface area contributed by atoms with E-state index in [1.54, 1.807) is 0 Å². The van der Waals surface area contributed by atoms with Gasteiger partial charge in [0.2, 0.25) is 0 Å². The van der Waals surface area contributed by atoms with Crippen LogP contribution in [0.15, 0.2) is 152 Å². The second-order valence-corrected chi connectivity index (χ2v) is 12.9. The Hall–Kier alpha value is -5.93. The second kappa shape index (κ2) is 10.6. The highest BCUT2D eigenvalue weighted by Gasteiger charge is 2.35. The molecule has 0 saturated heterocycles. The molecular weight excluding hydrogens is 571 g/mol. The van der Waals surface area contributed by atoms with Crippen LogP contribution in [-0.4, -0.2) is 15.0 Å². The molecule has 3 nitrogen and oxygen atoms in total. The van der Waals surface area contributed by atoms with Crippen molar-refractivity contribution in [1.29, 1.82) is 0 Å². The van der Waals surface area contributed by atoms with Gasteiger partial charge in [-0.2, -0.15) is 0 Å². The van der Waals surface area contributed by atoms with E-state index in [2.05, 4.69) is 147 Å². The van der Waals surface area contributed by atoms with Crippen LogP contribution in [0.5, 0.6) is 0 Å². The smallest absolute Gasteiger partial charge is 0.164 e. The summed E-state index contributed by atoms with van der Waals surface area (Å²) in [6, 6.07) is 53.8. The lowest BCUT2D eigenvalue weighted by molar-refractivity contribution is 0.660. The third-order valence-corrected chi connectivity index (χ3v) is 9.71. The molecule has 0 N–H and O–H groups in total. The summed E-state index contributed by atoms with van der Waals surface area (Å²) in [5.41, 5.74) is 10.5. The highest BCUT2D eigenvalue weighted by Crippen LogP contribution is 2.49. The summed E-state index contributed by atoms with van der Waals surface area (Å²) in [5, 5.41) is 4.83. The summed E-state index contributed by atoms with van der Waals surface area (Å²) in [6.45, 7) is 4.60. The van der Waals surface area contributed by atoms with Gasteiger partial charge in [0, 0.05) is 22.1 Å². The Labute approximate surface area is 274 Å². The van der Waals surface area contributed by atoms with Gasteiger partial charge < -0.3 is 0 Å². The van der Waals surface area contributed by atoms with E-state index in [4.69, 9.17) is 15.0 Å². The number of nitrogens with zero attached hydrogens (tertiary/aromatic N) is 3. The van der Waals surface area contributed by atoms with E-state index in [0.29, 0.717) is 17.5 Å². The van der Waals surface area contributed by atoms with E-state index < -0.39 is 0 Å². The first kappa shape index (κ1) is 27.4. The Morgan fingerprint density at radius 1 is 0.362 bits per heavy atom. The summed E-state index contributed by atoms with van der Waals surface area (Å²) < 4.78 is 0. The lowest BCUT2D eigenvalue weighted by atomic mass is 9.82. The van der Waals surface area contributed by atoms with Crippen LogP contribution >= 0.6 is 0 Å². The molecule has 3 heteroatoms. The number of rotatable bonds is 4. The lowest BCUT2D eigenvalue weighted by Crippen LogP contribution is -2.15. The minimum atomic E-state index is -0.108. The van der Waals surface area contributed by atoms with E-state index in [0.717, 1.165) is 22.1 Å². The molecule has 222 valence electrons. The normalized spacial score (nSPS) is 13.1. The van der Waals surface area contributed by atoms with Crippen molar-refractivity contribution in [2.45, 2.75) is 19.3 Å². The zero-order valence-electron chi connectivity index (χ0n) is 26.3. The maximum absolute atomic E-state index is 5.11. The summed E-state index contributed by atoms with van der Waals surface area (Å²) in [4.78, 5) is 15.2. The van der Waals surface area contributed by atoms with E-state index in [-0.39, 0.29) is 5.41 Å². The van der Waals surface area contributed by atoms with Crippen molar-refractivity contribution in [3.05, 3.63) is 163 Å². The van der Waals surface area contributed by atoms with Crippen molar-refractivity contribution in [3.8, 4) is 56.4 Å². The molecule has 1 aromatic heterocycles. The third-order valence-electron chi connectivity index (χ3n) is 9.71. The molecule has 1 aliphatic rings. The van der Waals surface area contributed by atoms with Gasteiger partial charge in [-0.15, -0.1) is 0 Å². The molecule has 0 atom stereocenters. The van der Waals surface area contributed by atoms with Crippen LogP contribution in [0.25, 0.3) is 78.0 Å². The summed E-state index contributed by atoms with van der Waals surface area (Å²) in [7, 11) is 0. The van der Waals surface area contributed by atoms with Crippen molar-refractivity contribution >= 4 is 21.5 Å². The topological polar surface area (TPSA) is 38.7 Å². The van der Waals surface area contributed by atoms with Gasteiger partial charge in [0.15, 0.2) is 17.5 Å². The lowest BCUT2D eigenvalue weighted by Gasteiger charge is -2.21. The number of fused-ring (bicyclic) bond motifs is 5. The first-order chi connectivity index (χ1) is 23.0. The van der Waals surface area contributed by atoms with E-state index in [9.17, 15) is 0 Å². The molecule has 47 heavy (non-hydrogen) atoms. The van der Waals surface area contributed by atoms with Gasteiger partial charge in [0.25, 0.3) is 0 Å². The highest BCUT2D eigenvalue weighted by molar-refractivity contribution is 5.99. The van der Waals surface area contributed by atoms with Crippen molar-refractivity contribution in [1.82, 2.24) is 15.0 Å². The predicted molar refractivity (Wildman–Crippen MR) is 194 cm³/mol. The van der Waals surface area contributed by atoms with Crippen molar-refractivity contribution in [2.75, 3.05) is 0 Å². The zero-order valence-corrected chi connectivity index (χ0v) is 26.3. The molecule has 0 bridgehead atoms. The first-order valence-corrected chi connectivity index (χ1v) is 16.1. The quantitative estimate of drug-likeness (QED) is 0.201. The maximum Gasteiger partial charge on any atom is 0.164 e. The minimum Gasteiger partial charge on any atom is -0.208 e. The van der Waals surface area contributed by atoms with Crippen LogP contribution < -0.4 is 0 Å². The van der Waals surface area contributed by atoms with Crippen LogP contribution in [0, 0.1) is 0 Å². The fourth-order valence-corrected chi connectivity index (χ4v) is 7.22. The van der Waals surface area contributed by atoms with Crippen LogP contribution in [0.2, 0.25) is 0 Å². The molecule has 0 amide bonds. The Bertz CT molecular complexity index is 2490. The molecule has 0 spiro atoms. The van der Waals surface area contributed by atoms with Crippen LogP contribution in [-0.2, 0) is 5.41 Å². The fraction of sp³-hybridized carbons (Fsp3) is 0.0682. The number of hydrogen-bond acceptors (Lipinski definition) is 3. The summed E-state index contributed by atoms with van der Waals surface area (Å²) >= 11 is 0. The molecule has 0 radical (unpaired) electrons. The molecular formula is C44H31N3. The number of hydrogen-bond donors (Lipinski definition) is 0. The standard InChI is InChI=1S/C44H31N3/c1-44(2)39-18-9-8-16-37(39)38-24-23-34(27-40(38)44)43-46-41(29-12-4-3-5-13-29)45-42(47-43)33-22-20-30-25-32(21-19-31(30)26-33)36-17-10-14-28-11-6-7-15-35(28)36/h3-27H,1-2H3. The van der Waals surface area contributed by atoms with Crippen molar-refractivity contribution in [2.24, 2.45) is 0 Å². The molecule has 9 rings (SSSR count). The average molecular weight is 602 g/mol. The zero-order chi connectivity index (χ0) is 31.5. The van der Waals surface area contributed by atoms with Gasteiger partial charge in [0.05, 0.1) is 0 Å². The van der Waals surface area contributed by atoms with Crippen LogP contribution in [0.4, 0.5) is 0 Å². The predicted octanol–water partition coefficient (Wildman–Crippen LogP) is 11.2. The maximum atomic E-state index is 5.11. The van der Waals surface area contributed by atoms with Crippen molar-refractivity contribution < 1.29 is 0 Å². The van der Waals surface area contributed by atoms with Gasteiger partial charge in [0.1, 0.15) is 0 Å². The minimum absolute atomic E-state index is 0.108. The Morgan fingerprint density at radius 3 is 1.72 bits per heavy atom. The van der Waals surface area contributed by atoms with Crippen LogP contribution in [0.3, 0.4) is 0 Å². The van der Waals surface area contributed by atoms with Crippen molar-refractivity contribution in [3.63, 3.8) is 0 Å². The second-order valence-electron chi connectivity index (χ2n) is 12.9. The largest absolute Gasteiger partial charge is 0.208 e. The molecule has 0 fully saturated rings. The average Bonchev–Trinajstić information content (AvgIpc) is 3.36. The monoisotopic (exact) mass is 601 g/mol. The molecule has 1 aliphatic carbocycles. The van der Waals surface area contributed by atoms with Gasteiger partial charge >= 0.3 is 0 Å². The van der Waals surface area contributed by atoms with Gasteiger partial charge in [-0.25, -0.2) is 15.0 Å². The third kappa shape index (κ3) is 4.54. The Morgan fingerprint density at radius 2 is 0.915 bits per heavy atom. The molecule has 8 aromatic rings. The first-order valence-electron chi connectivity index (χ1n) is 16.1. The SMILES string of the molecule is CC1(C)c2ccccc2-c2ccc(-c3nc(-c4ccccc4)nc(-c4ccc5cc(-c6cccc7ccccc67)ccc5c4)n3)cc21. The van der Waals surface area contributed by atoms with E-state index in [1.165, 1.54) is 49.5 Å². The molecule has 1 heterocycles. The summed E-state index contributed by atoms with van der Waals surface area (Å²) in [6.07, 6.45) is 0. The molecule has 0 aliphatic heterocycles. The van der Waals surface area contributed by atoms with E-state index >= 15 is 0 Å². The van der Waals surface area contributed by atoms with Gasteiger partial charge in [-0.3, -0.25) is 0 Å². The Kier molecular flexibility index (Phi) is 6.16. The van der Waals surface area contributed by atoms with Gasteiger partial charge in [-0.1, -0.05) is 147 Å². The molecule has 0 saturated carbocycles. The van der Waals surface area contributed by atoms with Gasteiger partial charge in [-0.05, 0) is 73.1 Å². The fourth-order valence-electron chi connectivity index (χ4n) is 7.22. The summed E-state index contributed by atoms with van der Waals surface area (Å²) in [5.74, 6) is 2.01. The Balaban J connectivity index is 1.16. The molecule has 7 aromatic carbocycles. The number of benzene rings is 7. The molecule has 0 unspecified atom stereocenters. The highest BCUT2D eigenvalue weighted by atomic mass is 15.0. The number of aromatic nitrogens is 3.